The van der Waals surface area contributed by atoms with Gasteiger partial charge in [0.05, 0.1) is 5.02 Å². The number of thiol groups is 1. The summed E-state index contributed by atoms with van der Waals surface area (Å²) < 4.78 is 12.8. The van der Waals surface area contributed by atoms with Gasteiger partial charge in [0.2, 0.25) is 0 Å². The lowest BCUT2D eigenvalue weighted by molar-refractivity contribution is 0.614. The van der Waals surface area contributed by atoms with Crippen LogP contribution in [-0.2, 0) is 0 Å². The molecular formula is C7H6ClFS. The Kier molecular flexibility index (Phi) is 2.21. The van der Waals surface area contributed by atoms with Crippen LogP contribution in [0.1, 0.15) is 5.56 Å². The maximum absolute atomic E-state index is 12.8. The smallest absolute Gasteiger partial charge is 0.145 e. The standard InChI is InChI=1S/C7H6ClFS/c1-4-6(10)3-2-5(8)7(4)9/h2-3,10H,1H3. The van der Waals surface area contributed by atoms with E-state index < -0.39 is 0 Å². The Morgan fingerprint density at radius 3 is 2.60 bits per heavy atom. The molecule has 0 spiro atoms. The van der Waals surface area contributed by atoms with Crippen LogP contribution in [0, 0.1) is 12.7 Å². The van der Waals surface area contributed by atoms with Gasteiger partial charge in [0, 0.05) is 4.90 Å². The third-order valence-electron chi connectivity index (χ3n) is 1.31. The molecule has 0 aliphatic heterocycles. The molecule has 0 bridgehead atoms. The Hall–Kier alpha value is -0.210. The van der Waals surface area contributed by atoms with E-state index in [0.717, 1.165) is 0 Å². The molecule has 0 heterocycles. The number of hydrogen-bond donors (Lipinski definition) is 1. The Morgan fingerprint density at radius 1 is 1.50 bits per heavy atom. The summed E-state index contributed by atoms with van der Waals surface area (Å²) in [6, 6.07) is 3.16. The summed E-state index contributed by atoms with van der Waals surface area (Å²) in [6.45, 7) is 1.64. The minimum absolute atomic E-state index is 0.148. The average Bonchev–Trinajstić information content (AvgIpc) is 1.93. The molecule has 0 aromatic heterocycles. The summed E-state index contributed by atoms with van der Waals surface area (Å²) in [7, 11) is 0. The molecule has 1 rings (SSSR count). The molecule has 0 unspecified atom stereocenters. The van der Waals surface area contributed by atoms with Crippen LogP contribution >= 0.6 is 24.2 Å². The molecule has 0 fully saturated rings. The first-order valence-corrected chi connectivity index (χ1v) is 3.59. The highest BCUT2D eigenvalue weighted by Crippen LogP contribution is 2.22. The van der Waals surface area contributed by atoms with Crippen molar-refractivity contribution < 1.29 is 4.39 Å². The normalized spacial score (nSPS) is 10.0. The molecule has 54 valence electrons. The second-order valence-corrected chi connectivity index (χ2v) is 2.89. The molecule has 0 saturated heterocycles. The van der Waals surface area contributed by atoms with Gasteiger partial charge in [-0.05, 0) is 24.6 Å². The van der Waals surface area contributed by atoms with E-state index in [1.54, 1.807) is 13.0 Å². The van der Waals surface area contributed by atoms with Crippen LogP contribution in [0.3, 0.4) is 0 Å². The van der Waals surface area contributed by atoms with Gasteiger partial charge in [-0.15, -0.1) is 12.6 Å². The molecular weight excluding hydrogens is 171 g/mol. The SMILES string of the molecule is Cc1c(S)ccc(Cl)c1F. The summed E-state index contributed by atoms with van der Waals surface area (Å²) in [5.74, 6) is -0.380. The molecule has 1 aromatic carbocycles. The van der Waals surface area contributed by atoms with Crippen LogP contribution in [0.4, 0.5) is 4.39 Å². The summed E-state index contributed by atoms with van der Waals surface area (Å²) in [6.07, 6.45) is 0. The van der Waals surface area contributed by atoms with Crippen LogP contribution in [0.25, 0.3) is 0 Å². The van der Waals surface area contributed by atoms with Crippen molar-refractivity contribution in [1.29, 1.82) is 0 Å². The predicted octanol–water partition coefficient (Wildman–Crippen LogP) is 3.08. The van der Waals surface area contributed by atoms with Crippen molar-refractivity contribution >= 4 is 24.2 Å². The molecule has 0 aliphatic rings. The van der Waals surface area contributed by atoms with E-state index in [1.165, 1.54) is 6.07 Å². The van der Waals surface area contributed by atoms with Gasteiger partial charge in [0.15, 0.2) is 0 Å². The van der Waals surface area contributed by atoms with E-state index in [0.29, 0.717) is 10.5 Å². The first kappa shape index (κ1) is 7.89. The van der Waals surface area contributed by atoms with E-state index in [2.05, 4.69) is 12.6 Å². The quantitative estimate of drug-likeness (QED) is 0.577. The Morgan fingerprint density at radius 2 is 2.10 bits per heavy atom. The largest absolute Gasteiger partial charge is 0.205 e. The number of hydrogen-bond acceptors (Lipinski definition) is 1. The molecule has 0 aliphatic carbocycles. The zero-order valence-electron chi connectivity index (χ0n) is 5.36. The molecule has 0 N–H and O–H groups in total. The topological polar surface area (TPSA) is 0 Å². The van der Waals surface area contributed by atoms with E-state index in [-0.39, 0.29) is 10.8 Å². The van der Waals surface area contributed by atoms with Crippen molar-refractivity contribution in [3.63, 3.8) is 0 Å². The number of rotatable bonds is 0. The van der Waals surface area contributed by atoms with Crippen LogP contribution in [0.15, 0.2) is 17.0 Å². The highest BCUT2D eigenvalue weighted by molar-refractivity contribution is 7.80. The van der Waals surface area contributed by atoms with Gasteiger partial charge in [0.25, 0.3) is 0 Å². The van der Waals surface area contributed by atoms with Crippen LogP contribution in [0.2, 0.25) is 5.02 Å². The van der Waals surface area contributed by atoms with Gasteiger partial charge in [-0.1, -0.05) is 11.6 Å². The maximum atomic E-state index is 12.8. The summed E-state index contributed by atoms with van der Waals surface area (Å²) >= 11 is 9.49. The van der Waals surface area contributed by atoms with Gasteiger partial charge < -0.3 is 0 Å². The van der Waals surface area contributed by atoms with Gasteiger partial charge >= 0.3 is 0 Å². The van der Waals surface area contributed by atoms with Crippen molar-refractivity contribution in [2.45, 2.75) is 11.8 Å². The van der Waals surface area contributed by atoms with Crippen LogP contribution in [-0.4, -0.2) is 0 Å². The molecule has 0 amide bonds. The lowest BCUT2D eigenvalue weighted by Gasteiger charge is -2.00. The second kappa shape index (κ2) is 2.81. The zero-order chi connectivity index (χ0) is 7.72. The van der Waals surface area contributed by atoms with Crippen molar-refractivity contribution in [3.8, 4) is 0 Å². The Bertz CT molecular complexity index is 233. The van der Waals surface area contributed by atoms with Crippen molar-refractivity contribution in [1.82, 2.24) is 0 Å². The highest BCUT2D eigenvalue weighted by Gasteiger charge is 2.04. The summed E-state index contributed by atoms with van der Waals surface area (Å²) in [5, 5.41) is 0.148. The van der Waals surface area contributed by atoms with E-state index >= 15 is 0 Å². The fraction of sp³-hybridized carbons (Fsp3) is 0.143. The van der Waals surface area contributed by atoms with E-state index in [4.69, 9.17) is 11.6 Å². The first-order chi connectivity index (χ1) is 4.63. The van der Waals surface area contributed by atoms with Gasteiger partial charge in [-0.2, -0.15) is 0 Å². The second-order valence-electron chi connectivity index (χ2n) is 2.01. The Labute approximate surface area is 69.4 Å². The van der Waals surface area contributed by atoms with Crippen molar-refractivity contribution in [2.24, 2.45) is 0 Å². The van der Waals surface area contributed by atoms with Crippen LogP contribution in [0.5, 0.6) is 0 Å². The predicted molar refractivity (Wildman–Crippen MR) is 43.4 cm³/mol. The highest BCUT2D eigenvalue weighted by atomic mass is 35.5. The molecule has 10 heavy (non-hydrogen) atoms. The van der Waals surface area contributed by atoms with Crippen LogP contribution < -0.4 is 0 Å². The number of benzene rings is 1. The number of halogens is 2. The molecule has 1 aromatic rings. The molecule has 3 heteroatoms. The lowest BCUT2D eigenvalue weighted by atomic mass is 10.2. The van der Waals surface area contributed by atoms with Gasteiger partial charge in [-0.3, -0.25) is 0 Å². The lowest BCUT2D eigenvalue weighted by Crippen LogP contribution is -1.84. The van der Waals surface area contributed by atoms with Gasteiger partial charge in [-0.25, -0.2) is 4.39 Å². The third kappa shape index (κ3) is 1.27. The molecule has 0 radical (unpaired) electrons. The van der Waals surface area contributed by atoms with Gasteiger partial charge in [0.1, 0.15) is 5.82 Å². The molecule has 0 saturated carbocycles. The minimum atomic E-state index is -0.380. The fourth-order valence-electron chi connectivity index (χ4n) is 0.642. The monoisotopic (exact) mass is 176 g/mol. The molecule has 0 atom stereocenters. The molecule has 0 nitrogen and oxygen atoms in total. The zero-order valence-corrected chi connectivity index (χ0v) is 7.01. The fourth-order valence-corrected chi connectivity index (χ4v) is 1.02. The summed E-state index contributed by atoms with van der Waals surface area (Å²) in [5.41, 5.74) is 0.496. The van der Waals surface area contributed by atoms with Crippen molar-refractivity contribution in [2.75, 3.05) is 0 Å². The van der Waals surface area contributed by atoms with E-state index in [9.17, 15) is 4.39 Å². The maximum Gasteiger partial charge on any atom is 0.145 e. The van der Waals surface area contributed by atoms with Crippen molar-refractivity contribution in [3.05, 3.63) is 28.5 Å². The van der Waals surface area contributed by atoms with E-state index in [1.807, 2.05) is 0 Å². The first-order valence-electron chi connectivity index (χ1n) is 2.76. The third-order valence-corrected chi connectivity index (χ3v) is 2.09. The Balaban J connectivity index is 3.34. The average molecular weight is 177 g/mol. The summed E-state index contributed by atoms with van der Waals surface area (Å²) in [4.78, 5) is 0.627. The minimum Gasteiger partial charge on any atom is -0.205 e.